The average Bonchev–Trinajstić information content (AvgIpc) is 2.29. The number of hydrogen-bond acceptors (Lipinski definition) is 3. The van der Waals surface area contributed by atoms with Crippen LogP contribution in [-0.2, 0) is 4.74 Å². The minimum absolute atomic E-state index is 0.301. The topological polar surface area (TPSA) is 45.0 Å². The van der Waals surface area contributed by atoms with E-state index in [1.165, 1.54) is 0 Å². The fraction of sp³-hybridized carbons (Fsp3) is 0.462. The van der Waals surface area contributed by atoms with Crippen molar-refractivity contribution in [2.45, 2.75) is 31.9 Å². The molecule has 1 N–H and O–H groups in total. The molecule has 0 aromatic heterocycles. The van der Waals surface area contributed by atoms with Gasteiger partial charge in [-0.3, -0.25) is 0 Å². The fourth-order valence-corrected chi connectivity index (χ4v) is 2.28. The predicted molar refractivity (Wildman–Crippen MR) is 68.2 cm³/mol. The Morgan fingerprint density at radius 2 is 2.35 bits per heavy atom. The molecule has 17 heavy (non-hydrogen) atoms. The molecule has 1 saturated heterocycles. The summed E-state index contributed by atoms with van der Waals surface area (Å²) >= 11 is 5.99. The number of benzene rings is 1. The van der Waals surface area contributed by atoms with Crippen molar-refractivity contribution in [1.29, 1.82) is 5.26 Å². The molecule has 1 fully saturated rings. The molecule has 2 unspecified atom stereocenters. The highest BCUT2D eigenvalue weighted by atomic mass is 35.5. The maximum absolute atomic E-state index is 8.79. The SMILES string of the molecule is CC1CC(Nc2ccc(C#N)c(Cl)c2)CCO1. The summed E-state index contributed by atoms with van der Waals surface area (Å²) in [6.45, 7) is 2.88. The molecule has 90 valence electrons. The lowest BCUT2D eigenvalue weighted by Gasteiger charge is -2.28. The Balaban J connectivity index is 2.04. The Morgan fingerprint density at radius 3 is 3.00 bits per heavy atom. The highest BCUT2D eigenvalue weighted by Crippen LogP contribution is 2.23. The summed E-state index contributed by atoms with van der Waals surface area (Å²) in [5.74, 6) is 0. The first-order valence-corrected chi connectivity index (χ1v) is 6.14. The molecule has 3 nitrogen and oxygen atoms in total. The van der Waals surface area contributed by atoms with Crippen LogP contribution in [0.2, 0.25) is 5.02 Å². The Hall–Kier alpha value is -1.24. The Labute approximate surface area is 106 Å². The second kappa shape index (κ2) is 5.39. The van der Waals surface area contributed by atoms with Crippen LogP contribution in [-0.4, -0.2) is 18.8 Å². The van der Waals surface area contributed by atoms with Gasteiger partial charge in [0.05, 0.1) is 16.7 Å². The summed E-state index contributed by atoms with van der Waals surface area (Å²) in [4.78, 5) is 0. The van der Waals surface area contributed by atoms with Gasteiger partial charge in [0.15, 0.2) is 0 Å². The lowest BCUT2D eigenvalue weighted by molar-refractivity contribution is 0.0232. The predicted octanol–water partition coefficient (Wildman–Crippen LogP) is 3.19. The Kier molecular flexibility index (Phi) is 3.88. The minimum Gasteiger partial charge on any atom is -0.382 e. The third-order valence-electron chi connectivity index (χ3n) is 2.95. The van der Waals surface area contributed by atoms with Crippen LogP contribution in [0.3, 0.4) is 0 Å². The van der Waals surface area contributed by atoms with E-state index in [1.807, 2.05) is 6.07 Å². The van der Waals surface area contributed by atoms with Crippen molar-refractivity contribution in [3.8, 4) is 6.07 Å². The zero-order valence-corrected chi connectivity index (χ0v) is 10.5. The van der Waals surface area contributed by atoms with Gasteiger partial charge in [-0.2, -0.15) is 5.26 Å². The lowest BCUT2D eigenvalue weighted by Crippen LogP contribution is -2.32. The molecular formula is C13H15ClN2O. The summed E-state index contributed by atoms with van der Waals surface area (Å²) in [7, 11) is 0. The maximum atomic E-state index is 8.79. The summed E-state index contributed by atoms with van der Waals surface area (Å²) < 4.78 is 5.50. The zero-order valence-electron chi connectivity index (χ0n) is 9.74. The van der Waals surface area contributed by atoms with Crippen LogP contribution >= 0.6 is 11.6 Å². The van der Waals surface area contributed by atoms with Crippen molar-refractivity contribution in [3.63, 3.8) is 0 Å². The third kappa shape index (κ3) is 3.12. The molecule has 1 heterocycles. The number of nitrogens with zero attached hydrogens (tertiary/aromatic N) is 1. The normalized spacial score (nSPS) is 24.1. The summed E-state index contributed by atoms with van der Waals surface area (Å²) in [5, 5.41) is 12.7. The maximum Gasteiger partial charge on any atom is 0.101 e. The van der Waals surface area contributed by atoms with E-state index in [0.717, 1.165) is 25.1 Å². The molecule has 0 radical (unpaired) electrons. The molecule has 2 atom stereocenters. The van der Waals surface area contributed by atoms with Gasteiger partial charge in [0, 0.05) is 18.3 Å². The molecule has 0 bridgehead atoms. The van der Waals surface area contributed by atoms with E-state index in [4.69, 9.17) is 21.6 Å². The number of nitriles is 1. The van der Waals surface area contributed by atoms with Crippen LogP contribution in [0.1, 0.15) is 25.3 Å². The molecule has 1 aliphatic heterocycles. The van der Waals surface area contributed by atoms with E-state index in [-0.39, 0.29) is 0 Å². The molecule has 2 rings (SSSR count). The second-order valence-electron chi connectivity index (χ2n) is 4.35. The van der Waals surface area contributed by atoms with Crippen LogP contribution in [0.25, 0.3) is 0 Å². The smallest absolute Gasteiger partial charge is 0.101 e. The molecule has 0 saturated carbocycles. The minimum atomic E-state index is 0.301. The number of hydrogen-bond donors (Lipinski definition) is 1. The summed E-state index contributed by atoms with van der Waals surface area (Å²) in [5.41, 5.74) is 1.48. The first-order chi connectivity index (χ1) is 8.19. The van der Waals surface area contributed by atoms with Crippen molar-refractivity contribution in [1.82, 2.24) is 0 Å². The molecule has 1 aromatic rings. The number of ether oxygens (including phenoxy) is 1. The zero-order chi connectivity index (χ0) is 12.3. The van der Waals surface area contributed by atoms with Gasteiger partial charge in [-0.25, -0.2) is 0 Å². The lowest BCUT2D eigenvalue weighted by atomic mass is 10.0. The summed E-state index contributed by atoms with van der Waals surface area (Å²) in [6, 6.07) is 7.92. The van der Waals surface area contributed by atoms with E-state index >= 15 is 0 Å². The van der Waals surface area contributed by atoms with Crippen molar-refractivity contribution in [3.05, 3.63) is 28.8 Å². The fourth-order valence-electron chi connectivity index (χ4n) is 2.06. The highest BCUT2D eigenvalue weighted by Gasteiger charge is 2.19. The van der Waals surface area contributed by atoms with Gasteiger partial charge >= 0.3 is 0 Å². The van der Waals surface area contributed by atoms with Crippen molar-refractivity contribution in [2.75, 3.05) is 11.9 Å². The average molecular weight is 251 g/mol. The largest absolute Gasteiger partial charge is 0.382 e. The number of rotatable bonds is 2. The first-order valence-electron chi connectivity index (χ1n) is 5.77. The van der Waals surface area contributed by atoms with E-state index in [2.05, 4.69) is 18.3 Å². The van der Waals surface area contributed by atoms with E-state index in [1.54, 1.807) is 12.1 Å². The molecule has 1 aliphatic rings. The highest BCUT2D eigenvalue weighted by molar-refractivity contribution is 6.32. The Bertz CT molecular complexity index is 442. The van der Waals surface area contributed by atoms with E-state index < -0.39 is 0 Å². The summed E-state index contributed by atoms with van der Waals surface area (Å²) in [6.07, 6.45) is 2.30. The van der Waals surface area contributed by atoms with Gasteiger partial charge in [-0.15, -0.1) is 0 Å². The van der Waals surface area contributed by atoms with Crippen LogP contribution in [0.4, 0.5) is 5.69 Å². The van der Waals surface area contributed by atoms with Gasteiger partial charge in [0.1, 0.15) is 6.07 Å². The quantitative estimate of drug-likeness (QED) is 0.877. The standard InChI is InChI=1S/C13H15ClN2O/c1-9-6-12(4-5-17-9)16-11-3-2-10(8-15)13(14)7-11/h2-3,7,9,12,16H,4-6H2,1H3. The number of nitrogens with one attached hydrogen (secondary N) is 1. The van der Waals surface area contributed by atoms with E-state index in [0.29, 0.717) is 22.7 Å². The monoisotopic (exact) mass is 250 g/mol. The van der Waals surface area contributed by atoms with Crippen molar-refractivity contribution >= 4 is 17.3 Å². The van der Waals surface area contributed by atoms with Gasteiger partial charge in [-0.1, -0.05) is 11.6 Å². The molecule has 0 spiro atoms. The van der Waals surface area contributed by atoms with Crippen LogP contribution in [0.15, 0.2) is 18.2 Å². The first kappa shape index (κ1) is 12.2. The van der Waals surface area contributed by atoms with Gasteiger partial charge in [-0.05, 0) is 38.0 Å². The van der Waals surface area contributed by atoms with Crippen molar-refractivity contribution in [2.24, 2.45) is 0 Å². The molecule has 4 heteroatoms. The molecular weight excluding hydrogens is 236 g/mol. The molecule has 0 amide bonds. The van der Waals surface area contributed by atoms with E-state index in [9.17, 15) is 0 Å². The van der Waals surface area contributed by atoms with Crippen LogP contribution < -0.4 is 5.32 Å². The number of anilines is 1. The molecule has 1 aromatic carbocycles. The van der Waals surface area contributed by atoms with Crippen molar-refractivity contribution < 1.29 is 4.74 Å². The molecule has 0 aliphatic carbocycles. The van der Waals surface area contributed by atoms with Crippen LogP contribution in [0, 0.1) is 11.3 Å². The second-order valence-corrected chi connectivity index (χ2v) is 4.76. The number of halogens is 1. The van der Waals surface area contributed by atoms with Gasteiger partial charge in [0.25, 0.3) is 0 Å². The third-order valence-corrected chi connectivity index (χ3v) is 3.26. The van der Waals surface area contributed by atoms with Crippen LogP contribution in [0.5, 0.6) is 0 Å². The van der Waals surface area contributed by atoms with Gasteiger partial charge in [0.2, 0.25) is 0 Å². The van der Waals surface area contributed by atoms with Gasteiger partial charge < -0.3 is 10.1 Å². The Morgan fingerprint density at radius 1 is 1.53 bits per heavy atom.